The van der Waals surface area contributed by atoms with Crippen LogP contribution in [-0.2, 0) is 6.54 Å². The molecule has 106 valence electrons. The molecule has 0 amide bonds. The van der Waals surface area contributed by atoms with Crippen molar-refractivity contribution in [1.29, 1.82) is 0 Å². The molecule has 0 saturated carbocycles. The largest absolute Gasteiger partial charge is 0.327 e. The summed E-state index contributed by atoms with van der Waals surface area (Å²) in [6.45, 7) is 5.37. The molecule has 1 aromatic carbocycles. The van der Waals surface area contributed by atoms with Crippen LogP contribution in [0, 0.1) is 5.92 Å². The second-order valence-electron chi connectivity index (χ2n) is 5.85. The summed E-state index contributed by atoms with van der Waals surface area (Å²) < 4.78 is 0. The molecule has 2 unspecified atom stereocenters. The van der Waals surface area contributed by atoms with Gasteiger partial charge in [-0.25, -0.2) is 0 Å². The molecule has 2 atom stereocenters. The van der Waals surface area contributed by atoms with Gasteiger partial charge in [0.25, 0.3) is 0 Å². The van der Waals surface area contributed by atoms with Gasteiger partial charge in [0.2, 0.25) is 0 Å². The number of hydrogen-bond donors (Lipinski definition) is 1. The molecule has 3 heteroatoms. The zero-order valence-corrected chi connectivity index (χ0v) is 12.1. The first-order chi connectivity index (χ1) is 9.76. The van der Waals surface area contributed by atoms with Gasteiger partial charge in [-0.3, -0.25) is 9.88 Å². The average molecular weight is 269 g/mol. The Bertz CT molecular complexity index is 581. The van der Waals surface area contributed by atoms with E-state index in [1.54, 1.807) is 0 Å². The molecule has 1 aliphatic heterocycles. The van der Waals surface area contributed by atoms with E-state index in [1.807, 2.05) is 6.07 Å². The predicted molar refractivity (Wildman–Crippen MR) is 83.4 cm³/mol. The predicted octanol–water partition coefficient (Wildman–Crippen LogP) is 2.79. The number of rotatable bonds is 3. The quantitative estimate of drug-likeness (QED) is 0.931. The van der Waals surface area contributed by atoms with Crippen LogP contribution in [0.1, 0.15) is 25.5 Å². The van der Waals surface area contributed by atoms with Crippen LogP contribution in [0.5, 0.6) is 0 Å². The fraction of sp³-hybridized carbons (Fsp3) is 0.471. The van der Waals surface area contributed by atoms with Crippen molar-refractivity contribution in [1.82, 2.24) is 9.88 Å². The summed E-state index contributed by atoms with van der Waals surface area (Å²) in [5.41, 5.74) is 8.43. The first-order valence-corrected chi connectivity index (χ1v) is 7.59. The van der Waals surface area contributed by atoms with Crippen LogP contribution in [0.15, 0.2) is 36.4 Å². The number of pyridine rings is 1. The van der Waals surface area contributed by atoms with E-state index in [2.05, 4.69) is 42.2 Å². The second-order valence-corrected chi connectivity index (χ2v) is 5.85. The van der Waals surface area contributed by atoms with E-state index in [1.165, 1.54) is 11.8 Å². The van der Waals surface area contributed by atoms with E-state index in [-0.39, 0.29) is 0 Å². The minimum absolute atomic E-state index is 0.376. The maximum absolute atomic E-state index is 6.18. The monoisotopic (exact) mass is 269 g/mol. The van der Waals surface area contributed by atoms with E-state index in [0.717, 1.165) is 37.3 Å². The third kappa shape index (κ3) is 2.84. The Morgan fingerprint density at radius 1 is 1.25 bits per heavy atom. The van der Waals surface area contributed by atoms with Gasteiger partial charge >= 0.3 is 0 Å². The molecule has 1 saturated heterocycles. The highest BCUT2D eigenvalue weighted by Crippen LogP contribution is 2.20. The summed E-state index contributed by atoms with van der Waals surface area (Å²) in [4.78, 5) is 7.26. The average Bonchev–Trinajstić information content (AvgIpc) is 2.49. The molecule has 0 radical (unpaired) electrons. The van der Waals surface area contributed by atoms with E-state index in [0.29, 0.717) is 12.0 Å². The fourth-order valence-corrected chi connectivity index (χ4v) is 3.13. The molecule has 3 rings (SSSR count). The fourth-order valence-electron chi connectivity index (χ4n) is 3.13. The van der Waals surface area contributed by atoms with Gasteiger partial charge in [-0.1, -0.05) is 37.6 Å². The Morgan fingerprint density at radius 2 is 2.10 bits per heavy atom. The number of hydrogen-bond acceptors (Lipinski definition) is 3. The lowest BCUT2D eigenvalue weighted by Gasteiger charge is -2.36. The number of benzene rings is 1. The molecule has 2 aromatic rings. The van der Waals surface area contributed by atoms with Crippen LogP contribution in [-0.4, -0.2) is 29.0 Å². The molecule has 0 bridgehead atoms. The lowest BCUT2D eigenvalue weighted by Crippen LogP contribution is -2.46. The van der Waals surface area contributed by atoms with Crippen LogP contribution in [0.25, 0.3) is 10.9 Å². The second kappa shape index (κ2) is 5.90. The molecule has 1 fully saturated rings. The number of piperidine rings is 1. The molecular weight excluding hydrogens is 246 g/mol. The van der Waals surface area contributed by atoms with Gasteiger partial charge in [-0.15, -0.1) is 0 Å². The van der Waals surface area contributed by atoms with Crippen molar-refractivity contribution in [3.05, 3.63) is 42.1 Å². The molecule has 1 aromatic heterocycles. The third-order valence-corrected chi connectivity index (χ3v) is 4.44. The minimum atomic E-state index is 0.376. The number of para-hydroxylation sites is 1. The van der Waals surface area contributed by atoms with E-state index in [4.69, 9.17) is 10.7 Å². The highest BCUT2D eigenvalue weighted by atomic mass is 15.1. The first kappa shape index (κ1) is 13.5. The Labute approximate surface area is 120 Å². The summed E-state index contributed by atoms with van der Waals surface area (Å²) in [5.74, 6) is 0.629. The zero-order valence-electron chi connectivity index (χ0n) is 12.1. The summed E-state index contributed by atoms with van der Waals surface area (Å²) in [5, 5.41) is 1.21. The molecule has 1 aliphatic rings. The number of fused-ring (bicyclic) bond motifs is 1. The smallest absolute Gasteiger partial charge is 0.0705 e. The Hall–Kier alpha value is -1.45. The highest BCUT2D eigenvalue weighted by molar-refractivity contribution is 5.78. The summed E-state index contributed by atoms with van der Waals surface area (Å²) in [6, 6.07) is 13.0. The van der Waals surface area contributed by atoms with E-state index in [9.17, 15) is 0 Å². The van der Waals surface area contributed by atoms with Gasteiger partial charge in [0.15, 0.2) is 0 Å². The van der Waals surface area contributed by atoms with Gasteiger partial charge < -0.3 is 5.73 Å². The molecular formula is C17H23N3. The van der Waals surface area contributed by atoms with Crippen LogP contribution in [0.4, 0.5) is 0 Å². The van der Waals surface area contributed by atoms with Crippen LogP contribution >= 0.6 is 0 Å². The van der Waals surface area contributed by atoms with Crippen LogP contribution < -0.4 is 5.73 Å². The van der Waals surface area contributed by atoms with Crippen molar-refractivity contribution in [3.63, 3.8) is 0 Å². The zero-order chi connectivity index (χ0) is 13.9. The number of likely N-dealkylation sites (tertiary alicyclic amines) is 1. The van der Waals surface area contributed by atoms with Crippen molar-refractivity contribution >= 4 is 10.9 Å². The maximum Gasteiger partial charge on any atom is 0.0705 e. The molecule has 20 heavy (non-hydrogen) atoms. The topological polar surface area (TPSA) is 42.2 Å². The van der Waals surface area contributed by atoms with Crippen molar-refractivity contribution in [2.45, 2.75) is 32.4 Å². The number of nitrogens with zero attached hydrogens (tertiary/aromatic N) is 2. The first-order valence-electron chi connectivity index (χ1n) is 7.59. The molecule has 0 spiro atoms. The SMILES string of the molecule is CCC1CN(Cc2ccc3ccccc3n2)CCC1N. The van der Waals surface area contributed by atoms with Gasteiger partial charge in [-0.2, -0.15) is 0 Å². The van der Waals surface area contributed by atoms with Crippen LogP contribution in [0.2, 0.25) is 0 Å². The lowest BCUT2D eigenvalue weighted by molar-refractivity contribution is 0.144. The molecule has 3 nitrogen and oxygen atoms in total. The highest BCUT2D eigenvalue weighted by Gasteiger charge is 2.25. The van der Waals surface area contributed by atoms with Gasteiger partial charge in [-0.05, 0) is 24.5 Å². The van der Waals surface area contributed by atoms with E-state index < -0.39 is 0 Å². The lowest BCUT2D eigenvalue weighted by atomic mass is 9.90. The van der Waals surface area contributed by atoms with Crippen molar-refractivity contribution in [2.24, 2.45) is 11.7 Å². The standard InChI is InChI=1S/C17H23N3/c1-2-13-11-20(10-9-16(13)18)12-15-8-7-14-5-3-4-6-17(14)19-15/h3-8,13,16H,2,9-12,18H2,1H3. The maximum atomic E-state index is 6.18. The molecule has 2 N–H and O–H groups in total. The Morgan fingerprint density at radius 3 is 2.95 bits per heavy atom. The van der Waals surface area contributed by atoms with E-state index >= 15 is 0 Å². The van der Waals surface area contributed by atoms with Gasteiger partial charge in [0.1, 0.15) is 0 Å². The number of aromatic nitrogens is 1. The summed E-state index contributed by atoms with van der Waals surface area (Å²) >= 11 is 0. The summed E-state index contributed by atoms with van der Waals surface area (Å²) in [7, 11) is 0. The van der Waals surface area contributed by atoms with Crippen molar-refractivity contribution in [2.75, 3.05) is 13.1 Å². The van der Waals surface area contributed by atoms with Crippen LogP contribution in [0.3, 0.4) is 0 Å². The molecule has 2 heterocycles. The molecule has 0 aliphatic carbocycles. The normalized spacial score (nSPS) is 24.1. The minimum Gasteiger partial charge on any atom is -0.327 e. The van der Waals surface area contributed by atoms with Crippen molar-refractivity contribution in [3.8, 4) is 0 Å². The third-order valence-electron chi connectivity index (χ3n) is 4.44. The van der Waals surface area contributed by atoms with Gasteiger partial charge in [0.05, 0.1) is 11.2 Å². The Balaban J connectivity index is 1.73. The summed E-state index contributed by atoms with van der Waals surface area (Å²) in [6.07, 6.45) is 2.27. The van der Waals surface area contributed by atoms with Gasteiger partial charge in [0, 0.05) is 31.1 Å². The number of nitrogens with two attached hydrogens (primary N) is 1. The Kier molecular flexibility index (Phi) is 3.99. The van der Waals surface area contributed by atoms with Crippen molar-refractivity contribution < 1.29 is 0 Å².